The fourth-order valence-corrected chi connectivity index (χ4v) is 3.68. The van der Waals surface area contributed by atoms with Gasteiger partial charge in [0.25, 0.3) is 0 Å². The van der Waals surface area contributed by atoms with Crippen LogP contribution in [0.15, 0.2) is 36.8 Å². The van der Waals surface area contributed by atoms with Crippen molar-refractivity contribution in [2.45, 2.75) is 13.2 Å². The Balaban J connectivity index is 1.86. The van der Waals surface area contributed by atoms with Gasteiger partial charge in [-0.3, -0.25) is 9.67 Å². The van der Waals surface area contributed by atoms with E-state index in [1.807, 2.05) is 26.2 Å². The number of aryl methyl sites for hydroxylation is 1. The Morgan fingerprint density at radius 2 is 1.97 bits per heavy atom. The van der Waals surface area contributed by atoms with Crippen LogP contribution >= 0.6 is 0 Å². The maximum Gasteiger partial charge on any atom is 0.172 e. The SMILES string of the molecule is CCN1c2cc(-c3cnn(C)c3)ncc2C=C(c2cc(OC)cc(OC)c2F)C1O. The third-order valence-electron chi connectivity index (χ3n) is 5.23. The number of ether oxygens (including phenoxy) is 2. The molecule has 0 aliphatic carbocycles. The molecule has 1 aliphatic heterocycles. The van der Waals surface area contributed by atoms with Gasteiger partial charge in [0.05, 0.1) is 26.1 Å². The summed E-state index contributed by atoms with van der Waals surface area (Å²) < 4.78 is 27.2. The molecule has 156 valence electrons. The van der Waals surface area contributed by atoms with E-state index in [2.05, 4.69) is 10.1 Å². The second-order valence-electron chi connectivity index (χ2n) is 6.98. The first-order valence-corrected chi connectivity index (χ1v) is 9.54. The number of likely N-dealkylation sites (N-methyl/N-ethyl adjacent to an activating group) is 1. The smallest absolute Gasteiger partial charge is 0.172 e. The number of benzene rings is 1. The van der Waals surface area contributed by atoms with Crippen LogP contribution in [-0.2, 0) is 7.05 Å². The van der Waals surface area contributed by atoms with Crippen molar-refractivity contribution in [1.29, 1.82) is 0 Å². The van der Waals surface area contributed by atoms with Crippen molar-refractivity contribution in [3.05, 3.63) is 53.7 Å². The second-order valence-corrected chi connectivity index (χ2v) is 6.98. The van der Waals surface area contributed by atoms with Gasteiger partial charge in [-0.2, -0.15) is 5.10 Å². The molecule has 1 N–H and O–H groups in total. The quantitative estimate of drug-likeness (QED) is 0.696. The van der Waals surface area contributed by atoms with Crippen LogP contribution in [0.1, 0.15) is 18.1 Å². The summed E-state index contributed by atoms with van der Waals surface area (Å²) in [6, 6.07) is 4.94. The molecule has 0 saturated carbocycles. The minimum atomic E-state index is -1.04. The molecule has 1 aliphatic rings. The number of anilines is 1. The predicted molar refractivity (Wildman–Crippen MR) is 113 cm³/mol. The van der Waals surface area contributed by atoms with Gasteiger partial charge < -0.3 is 19.5 Å². The first-order valence-electron chi connectivity index (χ1n) is 9.54. The lowest BCUT2D eigenvalue weighted by atomic mass is 9.95. The van der Waals surface area contributed by atoms with E-state index < -0.39 is 12.0 Å². The standard InChI is InChI=1S/C22H23FN4O3/c1-5-27-19-9-18(14-11-25-26(2)12-14)24-10-13(19)6-17(22(27)28)16-7-15(29-3)8-20(30-4)21(16)23/h6-12,22,28H,5H2,1-4H3. The minimum Gasteiger partial charge on any atom is -0.497 e. The van der Waals surface area contributed by atoms with Gasteiger partial charge in [0.2, 0.25) is 0 Å². The van der Waals surface area contributed by atoms with Crippen molar-refractivity contribution < 1.29 is 19.0 Å². The maximum atomic E-state index is 15.1. The Kier molecular flexibility index (Phi) is 5.17. The van der Waals surface area contributed by atoms with Gasteiger partial charge in [-0.1, -0.05) is 0 Å². The topological polar surface area (TPSA) is 72.6 Å². The summed E-state index contributed by atoms with van der Waals surface area (Å²) in [6.45, 7) is 2.45. The molecule has 30 heavy (non-hydrogen) atoms. The highest BCUT2D eigenvalue weighted by atomic mass is 19.1. The summed E-state index contributed by atoms with van der Waals surface area (Å²) >= 11 is 0. The van der Waals surface area contributed by atoms with Crippen LogP contribution < -0.4 is 14.4 Å². The van der Waals surface area contributed by atoms with Crippen molar-refractivity contribution in [3.8, 4) is 22.8 Å². The van der Waals surface area contributed by atoms with Gasteiger partial charge in [-0.05, 0) is 25.1 Å². The molecule has 0 saturated heterocycles. The van der Waals surface area contributed by atoms with E-state index >= 15 is 4.39 Å². The number of halogens is 1. The number of fused-ring (bicyclic) bond motifs is 1. The third-order valence-corrected chi connectivity index (χ3v) is 5.23. The summed E-state index contributed by atoms with van der Waals surface area (Å²) in [5, 5.41) is 15.3. The normalized spacial score (nSPS) is 15.6. The lowest BCUT2D eigenvalue weighted by Crippen LogP contribution is -2.38. The average molecular weight is 410 g/mol. The third kappa shape index (κ3) is 3.29. The Labute approximate surface area is 174 Å². The van der Waals surface area contributed by atoms with Crippen LogP contribution in [0.4, 0.5) is 10.1 Å². The Hall–Kier alpha value is -3.39. The number of pyridine rings is 1. The first kappa shape index (κ1) is 19.9. The van der Waals surface area contributed by atoms with E-state index in [4.69, 9.17) is 9.47 Å². The summed E-state index contributed by atoms with van der Waals surface area (Å²) in [7, 11) is 4.74. The molecule has 1 unspecified atom stereocenters. The zero-order valence-corrected chi connectivity index (χ0v) is 17.3. The maximum absolute atomic E-state index is 15.1. The van der Waals surface area contributed by atoms with Crippen molar-refractivity contribution in [2.24, 2.45) is 7.05 Å². The summed E-state index contributed by atoms with van der Waals surface area (Å²) in [6.07, 6.45) is 6.05. The molecule has 0 bridgehead atoms. The molecule has 0 fully saturated rings. The fraction of sp³-hybridized carbons (Fsp3) is 0.273. The predicted octanol–water partition coefficient (Wildman–Crippen LogP) is 3.34. The van der Waals surface area contributed by atoms with Crippen molar-refractivity contribution in [1.82, 2.24) is 14.8 Å². The van der Waals surface area contributed by atoms with Gasteiger partial charge in [0.15, 0.2) is 17.8 Å². The number of aliphatic hydroxyl groups is 1. The van der Waals surface area contributed by atoms with Crippen LogP contribution in [0, 0.1) is 5.82 Å². The molecule has 1 aromatic carbocycles. The van der Waals surface area contributed by atoms with Crippen molar-refractivity contribution >= 4 is 17.3 Å². The van der Waals surface area contributed by atoms with Gasteiger partial charge in [0, 0.05) is 60.0 Å². The molecule has 1 atom stereocenters. The largest absolute Gasteiger partial charge is 0.497 e. The summed E-state index contributed by atoms with van der Waals surface area (Å²) in [4.78, 5) is 6.34. The minimum absolute atomic E-state index is 0.0522. The molecule has 0 amide bonds. The highest BCUT2D eigenvalue weighted by Crippen LogP contribution is 2.40. The number of methoxy groups -OCH3 is 2. The first-order chi connectivity index (χ1) is 14.5. The number of nitrogens with zero attached hydrogens (tertiary/aromatic N) is 4. The van der Waals surface area contributed by atoms with Crippen LogP contribution in [0.2, 0.25) is 0 Å². The monoisotopic (exact) mass is 410 g/mol. The molecule has 4 rings (SSSR count). The van der Waals surface area contributed by atoms with Crippen molar-refractivity contribution in [2.75, 3.05) is 25.7 Å². The van der Waals surface area contributed by atoms with E-state index in [0.29, 0.717) is 17.9 Å². The Morgan fingerprint density at radius 3 is 2.60 bits per heavy atom. The summed E-state index contributed by atoms with van der Waals surface area (Å²) in [5.41, 5.74) is 3.86. The number of hydrogen-bond donors (Lipinski definition) is 1. The molecule has 7 nitrogen and oxygen atoms in total. The lowest BCUT2D eigenvalue weighted by molar-refractivity contribution is 0.226. The fourth-order valence-electron chi connectivity index (χ4n) is 3.68. The van der Waals surface area contributed by atoms with Crippen LogP contribution in [-0.4, -0.2) is 46.9 Å². The van der Waals surface area contributed by atoms with Crippen LogP contribution in [0.25, 0.3) is 22.9 Å². The van der Waals surface area contributed by atoms with Gasteiger partial charge >= 0.3 is 0 Å². The molecule has 8 heteroatoms. The average Bonchev–Trinajstić information content (AvgIpc) is 3.19. The molecule has 0 spiro atoms. The van der Waals surface area contributed by atoms with Gasteiger partial charge in [-0.25, -0.2) is 4.39 Å². The Bertz CT molecular complexity index is 1130. The van der Waals surface area contributed by atoms with Crippen LogP contribution in [0.3, 0.4) is 0 Å². The summed E-state index contributed by atoms with van der Waals surface area (Å²) in [5.74, 6) is -0.0605. The van der Waals surface area contributed by atoms with E-state index in [9.17, 15) is 5.11 Å². The van der Waals surface area contributed by atoms with Crippen molar-refractivity contribution in [3.63, 3.8) is 0 Å². The van der Waals surface area contributed by atoms with Gasteiger partial charge in [-0.15, -0.1) is 0 Å². The van der Waals surface area contributed by atoms with Gasteiger partial charge in [0.1, 0.15) is 5.75 Å². The number of hydrogen-bond acceptors (Lipinski definition) is 6. The van der Waals surface area contributed by atoms with Crippen LogP contribution in [0.5, 0.6) is 11.5 Å². The molecule has 3 heterocycles. The van der Waals surface area contributed by atoms with E-state index in [1.54, 1.807) is 34.1 Å². The number of rotatable bonds is 5. The lowest BCUT2D eigenvalue weighted by Gasteiger charge is -2.35. The zero-order chi connectivity index (χ0) is 21.4. The number of aromatic nitrogens is 3. The molecule has 3 aromatic rings. The molecule has 0 radical (unpaired) electrons. The highest BCUT2D eigenvalue weighted by molar-refractivity contribution is 5.93. The van der Waals surface area contributed by atoms with E-state index in [1.165, 1.54) is 20.3 Å². The van der Waals surface area contributed by atoms with E-state index in [-0.39, 0.29) is 11.3 Å². The zero-order valence-electron chi connectivity index (χ0n) is 17.3. The van der Waals surface area contributed by atoms with E-state index in [0.717, 1.165) is 22.5 Å². The number of aliphatic hydroxyl groups excluding tert-OH is 1. The molecular formula is C22H23FN4O3. The molecule has 2 aromatic heterocycles. The highest BCUT2D eigenvalue weighted by Gasteiger charge is 2.30. The molecular weight excluding hydrogens is 387 g/mol. The Morgan fingerprint density at radius 1 is 1.17 bits per heavy atom. The second kappa shape index (κ2) is 7.79.